The molecule has 0 spiro atoms. The van der Waals surface area contributed by atoms with Crippen LogP contribution in [0, 0.1) is 11.7 Å². The summed E-state index contributed by atoms with van der Waals surface area (Å²) in [5.41, 5.74) is 7.18. The molecule has 2 rings (SSSR count). The molecule has 1 heterocycles. The minimum Gasteiger partial charge on any atom is -0.397 e. The number of hydrogen-bond acceptors (Lipinski definition) is 3. The molecule has 3 nitrogen and oxygen atoms in total. The first-order chi connectivity index (χ1) is 8.97. The maximum Gasteiger partial charge on any atom is 0.143 e. The smallest absolute Gasteiger partial charge is 0.143 e. The Labute approximate surface area is 119 Å². The monoisotopic (exact) mass is 285 g/mol. The Balaban J connectivity index is 2.03. The molecule has 0 aliphatic carbocycles. The van der Waals surface area contributed by atoms with Gasteiger partial charge in [0.25, 0.3) is 0 Å². The summed E-state index contributed by atoms with van der Waals surface area (Å²) in [5, 5.41) is 0.133. The highest BCUT2D eigenvalue weighted by Gasteiger charge is 2.20. The molecule has 0 radical (unpaired) electrons. The Morgan fingerprint density at radius 1 is 1.26 bits per heavy atom. The maximum absolute atomic E-state index is 13.3. The van der Waals surface area contributed by atoms with Crippen LogP contribution in [0.15, 0.2) is 12.1 Å². The summed E-state index contributed by atoms with van der Waals surface area (Å²) in [6, 6.07) is 2.93. The number of nitrogens with zero attached hydrogens (tertiary/aromatic N) is 2. The van der Waals surface area contributed by atoms with Crippen molar-refractivity contribution in [3.63, 3.8) is 0 Å². The number of piperazine rings is 1. The lowest BCUT2D eigenvalue weighted by molar-refractivity contribution is 0.231. The molecule has 106 valence electrons. The van der Waals surface area contributed by atoms with Crippen molar-refractivity contribution in [2.45, 2.75) is 13.8 Å². The first-order valence-corrected chi connectivity index (χ1v) is 7.07. The molecule has 5 heteroatoms. The van der Waals surface area contributed by atoms with Crippen LogP contribution < -0.4 is 10.6 Å². The van der Waals surface area contributed by atoms with E-state index in [1.165, 1.54) is 6.07 Å². The number of halogens is 2. The fraction of sp³-hybridized carbons (Fsp3) is 0.571. The Bertz CT molecular complexity index is 443. The molecule has 19 heavy (non-hydrogen) atoms. The van der Waals surface area contributed by atoms with Crippen molar-refractivity contribution in [1.82, 2.24) is 4.90 Å². The van der Waals surface area contributed by atoms with Crippen molar-refractivity contribution in [1.29, 1.82) is 0 Å². The van der Waals surface area contributed by atoms with Gasteiger partial charge in [0.1, 0.15) is 5.82 Å². The van der Waals surface area contributed by atoms with E-state index in [-0.39, 0.29) is 5.02 Å². The molecule has 1 aliphatic heterocycles. The topological polar surface area (TPSA) is 32.5 Å². The second kappa shape index (κ2) is 5.97. The van der Waals surface area contributed by atoms with E-state index in [1.54, 1.807) is 6.07 Å². The molecule has 1 aromatic carbocycles. The van der Waals surface area contributed by atoms with Crippen molar-refractivity contribution in [3.8, 4) is 0 Å². The van der Waals surface area contributed by atoms with Crippen LogP contribution in [0.25, 0.3) is 0 Å². The van der Waals surface area contributed by atoms with Gasteiger partial charge >= 0.3 is 0 Å². The van der Waals surface area contributed by atoms with Gasteiger partial charge in [-0.2, -0.15) is 0 Å². The number of nitrogens with two attached hydrogens (primary N) is 1. The molecular formula is C14H21ClFN3. The van der Waals surface area contributed by atoms with E-state index in [0.717, 1.165) is 38.4 Å². The lowest BCUT2D eigenvalue weighted by Gasteiger charge is -2.37. The van der Waals surface area contributed by atoms with Crippen LogP contribution in [0.5, 0.6) is 0 Å². The zero-order valence-electron chi connectivity index (χ0n) is 11.5. The van der Waals surface area contributed by atoms with Gasteiger partial charge in [0.05, 0.1) is 16.4 Å². The quantitative estimate of drug-likeness (QED) is 0.867. The van der Waals surface area contributed by atoms with Crippen LogP contribution in [-0.2, 0) is 0 Å². The van der Waals surface area contributed by atoms with Gasteiger partial charge in [-0.15, -0.1) is 0 Å². The summed E-state index contributed by atoms with van der Waals surface area (Å²) in [7, 11) is 0. The molecular weight excluding hydrogens is 265 g/mol. The van der Waals surface area contributed by atoms with Gasteiger partial charge in [0.2, 0.25) is 0 Å². The fourth-order valence-corrected chi connectivity index (χ4v) is 2.67. The molecule has 1 saturated heterocycles. The van der Waals surface area contributed by atoms with E-state index in [9.17, 15) is 4.39 Å². The third-order valence-electron chi connectivity index (χ3n) is 3.41. The van der Waals surface area contributed by atoms with Crippen molar-refractivity contribution in [2.75, 3.05) is 43.4 Å². The largest absolute Gasteiger partial charge is 0.397 e. The number of rotatable bonds is 3. The average Bonchev–Trinajstić information content (AvgIpc) is 2.34. The van der Waals surface area contributed by atoms with E-state index in [4.69, 9.17) is 17.3 Å². The highest BCUT2D eigenvalue weighted by molar-refractivity contribution is 6.31. The molecule has 0 aromatic heterocycles. The van der Waals surface area contributed by atoms with Gasteiger partial charge in [0, 0.05) is 38.8 Å². The molecule has 2 N–H and O–H groups in total. The van der Waals surface area contributed by atoms with Crippen LogP contribution in [0.4, 0.5) is 15.8 Å². The third kappa shape index (κ3) is 3.51. The first kappa shape index (κ1) is 14.4. The van der Waals surface area contributed by atoms with Gasteiger partial charge in [-0.1, -0.05) is 25.4 Å². The van der Waals surface area contributed by atoms with Crippen molar-refractivity contribution in [2.24, 2.45) is 5.92 Å². The Hall–Kier alpha value is -1.00. The van der Waals surface area contributed by atoms with Crippen LogP contribution in [-0.4, -0.2) is 37.6 Å². The van der Waals surface area contributed by atoms with Gasteiger partial charge in [-0.3, -0.25) is 4.90 Å². The number of hydrogen-bond donors (Lipinski definition) is 1. The highest BCUT2D eigenvalue weighted by Crippen LogP contribution is 2.30. The van der Waals surface area contributed by atoms with E-state index < -0.39 is 5.82 Å². The SMILES string of the molecule is CC(C)CN1CCN(c2cc(Cl)c(F)cc2N)CC1. The second-order valence-corrected chi connectivity index (χ2v) is 5.91. The predicted octanol–water partition coefficient (Wildman–Crippen LogP) is 2.84. The maximum atomic E-state index is 13.3. The lowest BCUT2D eigenvalue weighted by atomic mass is 10.1. The molecule has 0 unspecified atom stereocenters. The van der Waals surface area contributed by atoms with Gasteiger partial charge in [0.15, 0.2) is 0 Å². The first-order valence-electron chi connectivity index (χ1n) is 6.69. The summed E-state index contributed by atoms with van der Waals surface area (Å²) >= 11 is 5.83. The van der Waals surface area contributed by atoms with Crippen LogP contribution in [0.2, 0.25) is 5.02 Å². The Morgan fingerprint density at radius 3 is 2.47 bits per heavy atom. The molecule has 0 saturated carbocycles. The van der Waals surface area contributed by atoms with Crippen LogP contribution in [0.1, 0.15) is 13.8 Å². The van der Waals surface area contributed by atoms with Crippen molar-refractivity contribution < 1.29 is 4.39 Å². The number of anilines is 2. The average molecular weight is 286 g/mol. The van der Waals surface area contributed by atoms with Gasteiger partial charge < -0.3 is 10.6 Å². The second-order valence-electron chi connectivity index (χ2n) is 5.51. The predicted molar refractivity (Wildman–Crippen MR) is 79.3 cm³/mol. The summed E-state index contributed by atoms with van der Waals surface area (Å²) in [6.45, 7) is 9.39. The zero-order valence-corrected chi connectivity index (χ0v) is 12.3. The highest BCUT2D eigenvalue weighted by atomic mass is 35.5. The van der Waals surface area contributed by atoms with Gasteiger partial charge in [-0.05, 0) is 12.0 Å². The standard InChI is InChI=1S/C14H21ClFN3/c1-10(2)9-18-3-5-19(6-4-18)14-7-11(15)12(16)8-13(14)17/h7-8,10H,3-6,9,17H2,1-2H3. The normalized spacial score (nSPS) is 17.2. The van der Waals surface area contributed by atoms with E-state index in [2.05, 4.69) is 23.6 Å². The summed E-state index contributed by atoms with van der Waals surface area (Å²) in [5.74, 6) is 0.221. The van der Waals surface area contributed by atoms with Gasteiger partial charge in [-0.25, -0.2) is 4.39 Å². The number of nitrogen functional groups attached to an aromatic ring is 1. The molecule has 1 aliphatic rings. The minimum absolute atomic E-state index is 0.133. The Kier molecular flexibility index (Phi) is 4.53. The van der Waals surface area contributed by atoms with Crippen molar-refractivity contribution in [3.05, 3.63) is 23.0 Å². The molecule has 0 bridgehead atoms. The fourth-order valence-electron chi connectivity index (χ4n) is 2.51. The van der Waals surface area contributed by atoms with Crippen LogP contribution >= 0.6 is 11.6 Å². The molecule has 1 aromatic rings. The van der Waals surface area contributed by atoms with E-state index in [1.807, 2.05) is 0 Å². The van der Waals surface area contributed by atoms with E-state index in [0.29, 0.717) is 11.6 Å². The molecule has 1 fully saturated rings. The molecule has 0 atom stereocenters. The lowest BCUT2D eigenvalue weighted by Crippen LogP contribution is -2.47. The number of benzene rings is 1. The summed E-state index contributed by atoms with van der Waals surface area (Å²) < 4.78 is 13.3. The third-order valence-corrected chi connectivity index (χ3v) is 3.70. The summed E-state index contributed by atoms with van der Waals surface area (Å²) in [4.78, 5) is 4.62. The molecule has 0 amide bonds. The summed E-state index contributed by atoms with van der Waals surface area (Å²) in [6.07, 6.45) is 0. The minimum atomic E-state index is -0.457. The Morgan fingerprint density at radius 2 is 1.89 bits per heavy atom. The van der Waals surface area contributed by atoms with Crippen LogP contribution in [0.3, 0.4) is 0 Å². The zero-order chi connectivity index (χ0) is 14.0. The van der Waals surface area contributed by atoms with Crippen molar-refractivity contribution >= 4 is 23.0 Å². The van der Waals surface area contributed by atoms with E-state index >= 15 is 0 Å².